The second kappa shape index (κ2) is 6.12. The molecule has 2 aromatic rings. The van der Waals surface area contributed by atoms with Gasteiger partial charge < -0.3 is 10.6 Å². The van der Waals surface area contributed by atoms with Gasteiger partial charge in [0.2, 0.25) is 0 Å². The van der Waals surface area contributed by atoms with Crippen LogP contribution >= 0.6 is 28.1 Å². The van der Waals surface area contributed by atoms with Gasteiger partial charge in [0.05, 0.1) is 17.9 Å². The van der Waals surface area contributed by atoms with E-state index in [9.17, 15) is 0 Å². The summed E-state index contributed by atoms with van der Waals surface area (Å²) in [6.45, 7) is 0.742. The molecular weight excluding hydrogens is 322 g/mol. The molecule has 5 heteroatoms. The highest BCUT2D eigenvalue weighted by Gasteiger charge is 2.08. The zero-order chi connectivity index (χ0) is 13.8. The van der Waals surface area contributed by atoms with Crippen molar-refractivity contribution in [2.45, 2.75) is 6.54 Å². The van der Waals surface area contributed by atoms with Gasteiger partial charge in [0.25, 0.3) is 0 Å². The Balaban J connectivity index is 2.20. The minimum Gasteiger partial charge on any atom is -0.389 e. The number of aromatic nitrogens is 1. The van der Waals surface area contributed by atoms with Crippen molar-refractivity contribution in [3.63, 3.8) is 0 Å². The minimum absolute atomic E-state index is 0.402. The molecule has 98 valence electrons. The van der Waals surface area contributed by atoms with E-state index in [1.54, 1.807) is 6.20 Å². The molecular formula is C14H14BrN3S. The van der Waals surface area contributed by atoms with E-state index >= 15 is 0 Å². The Labute approximate surface area is 126 Å². The molecule has 2 rings (SSSR count). The van der Waals surface area contributed by atoms with Crippen molar-refractivity contribution in [1.29, 1.82) is 0 Å². The predicted molar refractivity (Wildman–Crippen MR) is 86.4 cm³/mol. The first-order valence-corrected chi connectivity index (χ1v) is 6.98. The number of halogens is 1. The Morgan fingerprint density at radius 3 is 2.74 bits per heavy atom. The number of rotatable bonds is 4. The summed E-state index contributed by atoms with van der Waals surface area (Å²) < 4.78 is 0.969. The standard InChI is InChI=1S/C14H14BrN3S/c1-18(9-11-4-2-3-7-17-11)13-6-5-10(14(16)19)8-12(13)15/h2-8H,9H2,1H3,(H2,16,19). The fourth-order valence-corrected chi connectivity index (χ4v) is 2.60. The second-order valence-electron chi connectivity index (χ2n) is 4.21. The molecule has 0 bridgehead atoms. The maximum atomic E-state index is 5.62. The molecule has 0 saturated carbocycles. The minimum atomic E-state index is 0.402. The zero-order valence-electron chi connectivity index (χ0n) is 10.5. The lowest BCUT2D eigenvalue weighted by atomic mass is 10.2. The van der Waals surface area contributed by atoms with Crippen molar-refractivity contribution in [2.75, 3.05) is 11.9 Å². The fraction of sp³-hybridized carbons (Fsp3) is 0.143. The maximum Gasteiger partial charge on any atom is 0.104 e. The molecule has 0 aliphatic rings. The molecule has 0 aliphatic carbocycles. The smallest absolute Gasteiger partial charge is 0.104 e. The van der Waals surface area contributed by atoms with Crippen molar-refractivity contribution in [3.05, 3.63) is 58.3 Å². The van der Waals surface area contributed by atoms with Crippen LogP contribution in [0.1, 0.15) is 11.3 Å². The Morgan fingerprint density at radius 1 is 1.37 bits per heavy atom. The van der Waals surface area contributed by atoms with Crippen LogP contribution in [0.4, 0.5) is 5.69 Å². The lowest BCUT2D eigenvalue weighted by Gasteiger charge is -2.20. The van der Waals surface area contributed by atoms with Crippen LogP contribution in [0.15, 0.2) is 47.1 Å². The number of thiocarbonyl (C=S) groups is 1. The summed E-state index contributed by atoms with van der Waals surface area (Å²) in [6, 6.07) is 11.8. The van der Waals surface area contributed by atoms with Crippen molar-refractivity contribution in [2.24, 2.45) is 5.73 Å². The third-order valence-electron chi connectivity index (χ3n) is 2.77. The normalized spacial score (nSPS) is 10.2. The summed E-state index contributed by atoms with van der Waals surface area (Å²) in [4.78, 5) is 6.85. The van der Waals surface area contributed by atoms with E-state index in [4.69, 9.17) is 18.0 Å². The maximum absolute atomic E-state index is 5.62. The van der Waals surface area contributed by atoms with Crippen molar-refractivity contribution < 1.29 is 0 Å². The van der Waals surface area contributed by atoms with Gasteiger partial charge in [-0.3, -0.25) is 4.98 Å². The Morgan fingerprint density at radius 2 is 2.16 bits per heavy atom. The van der Waals surface area contributed by atoms with E-state index in [1.165, 1.54) is 0 Å². The Kier molecular flexibility index (Phi) is 4.50. The van der Waals surface area contributed by atoms with Gasteiger partial charge in [-0.25, -0.2) is 0 Å². The monoisotopic (exact) mass is 335 g/mol. The molecule has 1 aromatic carbocycles. The molecule has 1 aromatic heterocycles. The summed E-state index contributed by atoms with van der Waals surface area (Å²) in [6.07, 6.45) is 1.80. The molecule has 0 atom stereocenters. The number of pyridine rings is 1. The third kappa shape index (κ3) is 3.52. The van der Waals surface area contributed by atoms with Crippen LogP contribution in [0, 0.1) is 0 Å². The first-order chi connectivity index (χ1) is 9.08. The van der Waals surface area contributed by atoms with Crippen LogP contribution in [-0.4, -0.2) is 17.0 Å². The lowest BCUT2D eigenvalue weighted by Crippen LogP contribution is -2.18. The van der Waals surface area contributed by atoms with Gasteiger partial charge in [-0.2, -0.15) is 0 Å². The van der Waals surface area contributed by atoms with Crippen LogP contribution in [0.5, 0.6) is 0 Å². The average molecular weight is 336 g/mol. The summed E-state index contributed by atoms with van der Waals surface area (Å²) in [5.74, 6) is 0. The zero-order valence-corrected chi connectivity index (χ0v) is 12.9. The van der Waals surface area contributed by atoms with E-state index in [-0.39, 0.29) is 0 Å². The van der Waals surface area contributed by atoms with Gasteiger partial charge in [-0.1, -0.05) is 18.3 Å². The first kappa shape index (κ1) is 14.0. The molecule has 0 spiro atoms. The molecule has 0 unspecified atom stereocenters. The summed E-state index contributed by atoms with van der Waals surface area (Å²) >= 11 is 8.52. The summed E-state index contributed by atoms with van der Waals surface area (Å²) in [5.41, 5.74) is 8.58. The van der Waals surface area contributed by atoms with Crippen molar-refractivity contribution in [3.8, 4) is 0 Å². The van der Waals surface area contributed by atoms with Gasteiger partial charge in [0, 0.05) is 23.3 Å². The predicted octanol–water partition coefficient (Wildman–Crippen LogP) is 3.11. The van der Waals surface area contributed by atoms with E-state index < -0.39 is 0 Å². The fourth-order valence-electron chi connectivity index (χ4n) is 1.79. The van der Waals surface area contributed by atoms with Crippen molar-refractivity contribution >= 4 is 38.8 Å². The quantitative estimate of drug-likeness (QED) is 0.871. The van der Waals surface area contributed by atoms with Crippen LogP contribution in [0.3, 0.4) is 0 Å². The molecule has 2 N–H and O–H groups in total. The Hall–Kier alpha value is -1.46. The van der Waals surface area contributed by atoms with Crippen LogP contribution in [0.25, 0.3) is 0 Å². The van der Waals surface area contributed by atoms with Gasteiger partial charge in [0.1, 0.15) is 4.99 Å². The van der Waals surface area contributed by atoms with Crippen molar-refractivity contribution in [1.82, 2.24) is 4.98 Å². The van der Waals surface area contributed by atoms with E-state index in [2.05, 4.69) is 25.8 Å². The third-order valence-corrected chi connectivity index (χ3v) is 3.64. The molecule has 19 heavy (non-hydrogen) atoms. The van der Waals surface area contributed by atoms with Gasteiger partial charge in [-0.15, -0.1) is 0 Å². The topological polar surface area (TPSA) is 42.2 Å². The van der Waals surface area contributed by atoms with Gasteiger partial charge in [0.15, 0.2) is 0 Å². The Bertz CT molecular complexity index is 586. The van der Waals surface area contributed by atoms with Crippen LogP contribution < -0.4 is 10.6 Å². The number of hydrogen-bond donors (Lipinski definition) is 1. The molecule has 0 fully saturated rings. The highest BCUT2D eigenvalue weighted by Crippen LogP contribution is 2.27. The number of nitrogens with zero attached hydrogens (tertiary/aromatic N) is 2. The average Bonchev–Trinajstić information content (AvgIpc) is 2.39. The highest BCUT2D eigenvalue weighted by molar-refractivity contribution is 9.10. The first-order valence-electron chi connectivity index (χ1n) is 5.78. The molecule has 3 nitrogen and oxygen atoms in total. The number of nitrogens with two attached hydrogens (primary N) is 1. The largest absolute Gasteiger partial charge is 0.389 e. The van der Waals surface area contributed by atoms with Gasteiger partial charge in [-0.05, 0) is 46.3 Å². The molecule has 0 radical (unpaired) electrons. The van der Waals surface area contributed by atoms with Crippen LogP contribution in [0.2, 0.25) is 0 Å². The molecule has 1 heterocycles. The van der Waals surface area contributed by atoms with E-state index in [0.717, 1.165) is 28.0 Å². The lowest BCUT2D eigenvalue weighted by molar-refractivity contribution is 0.883. The highest BCUT2D eigenvalue weighted by atomic mass is 79.9. The summed E-state index contributed by atoms with van der Waals surface area (Å²) in [7, 11) is 2.02. The second-order valence-corrected chi connectivity index (χ2v) is 5.50. The van der Waals surface area contributed by atoms with Gasteiger partial charge >= 0.3 is 0 Å². The number of benzene rings is 1. The van der Waals surface area contributed by atoms with Crippen LogP contribution in [-0.2, 0) is 6.54 Å². The molecule has 0 aliphatic heterocycles. The number of hydrogen-bond acceptors (Lipinski definition) is 3. The van der Waals surface area contributed by atoms with E-state index in [1.807, 2.05) is 43.4 Å². The van der Waals surface area contributed by atoms with E-state index in [0.29, 0.717) is 4.99 Å². The molecule has 0 saturated heterocycles. The number of anilines is 1. The summed E-state index contributed by atoms with van der Waals surface area (Å²) in [5, 5.41) is 0. The molecule has 0 amide bonds. The SMILES string of the molecule is CN(Cc1ccccn1)c1ccc(C(N)=S)cc1Br.